The predicted octanol–water partition coefficient (Wildman–Crippen LogP) is 13.1. The van der Waals surface area contributed by atoms with Crippen molar-refractivity contribution in [2.75, 3.05) is 0 Å². The van der Waals surface area contributed by atoms with Crippen LogP contribution < -0.4 is 0 Å². The molecular weight excluding hydrogens is 1130 g/mol. The van der Waals surface area contributed by atoms with Gasteiger partial charge in [-0.1, -0.05) is 41.5 Å². The van der Waals surface area contributed by atoms with E-state index in [4.69, 9.17) is 18.9 Å². The van der Waals surface area contributed by atoms with Crippen LogP contribution in [0.5, 0.6) is 0 Å². The molecule has 0 aliphatic heterocycles. The van der Waals surface area contributed by atoms with Crippen LogP contribution in [0.2, 0.25) is 0 Å². The van der Waals surface area contributed by atoms with Gasteiger partial charge in [-0.05, 0) is 337 Å². The van der Waals surface area contributed by atoms with E-state index < -0.39 is 0 Å². The molecule has 12 atom stereocenters. The Morgan fingerprint density at radius 1 is 0.389 bits per heavy atom. The minimum absolute atomic E-state index is 0.000539. The van der Waals surface area contributed by atoms with Gasteiger partial charge in [-0.15, -0.1) is 0 Å². The minimum atomic E-state index is -0.371. The number of ether oxygens (including phenoxy) is 4. The monoisotopic (exact) mass is 1240 g/mol. The van der Waals surface area contributed by atoms with E-state index in [1.807, 2.05) is 41.5 Å². The molecule has 28 fully saturated rings. The lowest BCUT2D eigenvalue weighted by molar-refractivity contribution is -0.315. The van der Waals surface area contributed by atoms with Gasteiger partial charge in [-0.2, -0.15) is 0 Å². The second-order valence-corrected chi connectivity index (χ2v) is 38.7. The van der Waals surface area contributed by atoms with Crippen LogP contribution in [-0.4, -0.2) is 90.1 Å². The van der Waals surface area contributed by atoms with Gasteiger partial charge in [0.1, 0.15) is 23.4 Å². The van der Waals surface area contributed by atoms with Crippen LogP contribution in [-0.2, 0) is 38.1 Å². The Bertz CT molecular complexity index is 2750. The van der Waals surface area contributed by atoms with Gasteiger partial charge in [0.15, 0.2) is 0 Å². The first-order chi connectivity index (χ1) is 42.6. The average Bonchev–Trinajstić information content (AvgIpc) is 0.710. The van der Waals surface area contributed by atoms with Crippen molar-refractivity contribution in [3.63, 3.8) is 0 Å². The lowest BCUT2D eigenvalue weighted by Gasteiger charge is -2.73. The van der Waals surface area contributed by atoms with Crippen LogP contribution >= 0.6 is 0 Å². The van der Waals surface area contributed by atoms with Gasteiger partial charge in [0, 0.05) is 11.8 Å². The first kappa shape index (κ1) is 61.3. The van der Waals surface area contributed by atoms with Crippen LogP contribution in [0, 0.1) is 177 Å². The summed E-state index contributed by atoms with van der Waals surface area (Å²) < 4.78 is 24.7. The molecule has 0 amide bonds. The van der Waals surface area contributed by atoms with E-state index in [0.29, 0.717) is 107 Å². The molecule has 0 spiro atoms. The van der Waals surface area contributed by atoms with Crippen molar-refractivity contribution < 1.29 is 58.6 Å². The van der Waals surface area contributed by atoms with Crippen molar-refractivity contribution in [2.24, 2.45) is 177 Å². The van der Waals surface area contributed by atoms with E-state index in [1.54, 1.807) is 0 Å². The third-order valence-corrected chi connectivity index (χ3v) is 34.1. The van der Waals surface area contributed by atoms with Crippen molar-refractivity contribution in [3.05, 3.63) is 0 Å². The smallest absolute Gasteiger partial charge is 0.312 e. The fraction of sp³-hybridized carbons (Fsp3) is 0.949. The molecule has 32 bridgehead atoms. The van der Waals surface area contributed by atoms with Crippen LogP contribution in [0.3, 0.4) is 0 Å². The summed E-state index contributed by atoms with van der Waals surface area (Å²) in [7, 11) is 0. The Kier molecular flexibility index (Phi) is 13.7. The van der Waals surface area contributed by atoms with E-state index in [2.05, 4.69) is 27.7 Å². The van der Waals surface area contributed by atoms with Crippen molar-refractivity contribution in [2.45, 2.75) is 282 Å². The molecule has 0 aromatic carbocycles. The highest BCUT2D eigenvalue weighted by Gasteiger charge is 2.77. The molecule has 4 N–H and O–H groups in total. The number of carbonyl (C=O) groups is 4. The molecule has 28 aliphatic carbocycles. The number of esters is 4. The highest BCUT2D eigenvalue weighted by molar-refractivity contribution is 5.77. The van der Waals surface area contributed by atoms with E-state index in [0.717, 1.165) is 189 Å². The highest BCUT2D eigenvalue weighted by atomic mass is 16.6. The van der Waals surface area contributed by atoms with Crippen LogP contribution in [0.25, 0.3) is 0 Å². The lowest BCUT2D eigenvalue weighted by atomic mass is 9.33. The minimum Gasteiger partial charge on any atom is -0.462 e. The first-order valence-corrected chi connectivity index (χ1v) is 38.3. The van der Waals surface area contributed by atoms with Crippen molar-refractivity contribution >= 4 is 23.9 Å². The molecule has 28 aliphatic rings. The number of aliphatic hydroxyl groups is 4. The summed E-state index contributed by atoms with van der Waals surface area (Å²) in [5, 5.41) is 44.3. The van der Waals surface area contributed by atoms with E-state index in [9.17, 15) is 39.6 Å². The van der Waals surface area contributed by atoms with E-state index in [-0.39, 0.29) is 92.4 Å². The summed E-state index contributed by atoms with van der Waals surface area (Å²) in [4.78, 5) is 50.1. The highest BCUT2D eigenvalue weighted by Crippen LogP contribution is 2.78. The van der Waals surface area contributed by atoms with Crippen molar-refractivity contribution in [3.8, 4) is 0 Å². The Morgan fingerprint density at radius 3 is 1.02 bits per heavy atom. The molecule has 500 valence electrons. The van der Waals surface area contributed by atoms with E-state index >= 15 is 0 Å². The Hall–Kier alpha value is -2.28. The molecule has 0 saturated heterocycles. The molecule has 12 nitrogen and oxygen atoms in total. The van der Waals surface area contributed by atoms with Gasteiger partial charge in [0.2, 0.25) is 0 Å². The van der Waals surface area contributed by atoms with Crippen molar-refractivity contribution in [1.29, 1.82) is 0 Å². The summed E-state index contributed by atoms with van der Waals surface area (Å²) in [5.41, 5.74) is -2.44. The quantitative estimate of drug-likeness (QED) is 0.107. The third-order valence-electron chi connectivity index (χ3n) is 34.1. The van der Waals surface area contributed by atoms with Gasteiger partial charge >= 0.3 is 23.9 Å². The molecule has 90 heavy (non-hydrogen) atoms. The second kappa shape index (κ2) is 20.2. The van der Waals surface area contributed by atoms with Gasteiger partial charge in [-0.25, -0.2) is 0 Å². The maximum Gasteiger partial charge on any atom is 0.312 e. The normalized spacial score (nSPS) is 56.8. The van der Waals surface area contributed by atoms with Gasteiger partial charge in [0.25, 0.3) is 0 Å². The van der Waals surface area contributed by atoms with Gasteiger partial charge in [-0.3, -0.25) is 19.2 Å². The third kappa shape index (κ3) is 8.58. The zero-order valence-corrected chi connectivity index (χ0v) is 56.8. The van der Waals surface area contributed by atoms with Crippen molar-refractivity contribution in [1.82, 2.24) is 0 Å². The van der Waals surface area contributed by atoms with Crippen LogP contribution in [0.1, 0.15) is 236 Å². The largest absolute Gasteiger partial charge is 0.462 e. The number of hydrogen-bond donors (Lipinski definition) is 4. The molecule has 0 aromatic rings. The molecule has 28 rings (SSSR count). The first-order valence-electron chi connectivity index (χ1n) is 38.3. The maximum absolute atomic E-state index is 12.7. The standard InChI is InChI=1S/2C20H30O3.2C19H28O3/c1-4-18(2,3)17(21)23-20-8-14-11-5-19(22)6-12(14)16(10-20)13(7-19)15(11)9-20;1-4-19(2,3)18(21)23-17-11-7-14-12-5-10-6-13(16(12)17)15(8-11)20(14,22)9-10;1-3-10(2)17(20)22-19-7-14-11-4-18(21)5-12(14)16(9-19)13(6-18)15(11)8-19;1-3-9(2)18(20)22-17-11-6-14-12-4-10-5-13(16(12)17)15(7-11)19(14,21)8-10/h11-16,22H,4-10H2,1-3H3;10-17,22H,4-9H2,1-3H3;10-16,21H,3-9H2,1-2H3;9-17,21H,3-8H2,1-2H3. The Labute approximate surface area is 538 Å². The average molecular weight is 1250 g/mol. The number of hydrogen-bond acceptors (Lipinski definition) is 12. The molecule has 0 heterocycles. The molecular formula is C78H116O12. The molecule has 0 radical (unpaired) electrons. The molecule has 28 saturated carbocycles. The molecule has 0 aromatic heterocycles. The number of rotatable bonds is 12. The summed E-state index contributed by atoms with van der Waals surface area (Å²) in [5.74, 6) is 16.8. The Balaban J connectivity index is 0.0000000925. The zero-order valence-electron chi connectivity index (χ0n) is 56.8. The SMILES string of the molecule is CCC(C)(C)C(=O)OC12CC3C4CC5(O)CC3C(C1)C(C5)C4C2.CCC(C)(C)C(=O)OC1C2CC3C4CC5CC(C41)C(C2)C3(O)C5.CCC(C)C(=O)OC12CC3C4CC5(O)CC3C(C1)C(C5)C4C2.CCC(C)C(=O)OC1C2CC3C4CC5CC(C41)C(C2)C3(O)C5. The predicted molar refractivity (Wildman–Crippen MR) is 337 cm³/mol. The summed E-state index contributed by atoms with van der Waals surface area (Å²) in [6.07, 6.45) is 27.9. The van der Waals surface area contributed by atoms with E-state index in [1.165, 1.54) is 25.7 Å². The molecule has 12 heteroatoms. The molecule has 12 unspecified atom stereocenters. The second-order valence-electron chi connectivity index (χ2n) is 38.7. The van der Waals surface area contributed by atoms with Gasteiger partial charge in [0.05, 0.1) is 45.1 Å². The maximum atomic E-state index is 12.7. The summed E-state index contributed by atoms with van der Waals surface area (Å²) >= 11 is 0. The summed E-state index contributed by atoms with van der Waals surface area (Å²) in [6, 6.07) is 0. The fourth-order valence-electron chi connectivity index (χ4n) is 29.8. The number of carbonyl (C=O) groups excluding carboxylic acids is 4. The van der Waals surface area contributed by atoms with Crippen LogP contribution in [0.4, 0.5) is 0 Å². The van der Waals surface area contributed by atoms with Gasteiger partial charge < -0.3 is 39.4 Å². The zero-order chi connectivity index (χ0) is 62.8. The lowest BCUT2D eigenvalue weighted by Crippen LogP contribution is -2.74. The van der Waals surface area contributed by atoms with Crippen LogP contribution in [0.15, 0.2) is 0 Å². The summed E-state index contributed by atoms with van der Waals surface area (Å²) in [6.45, 7) is 20.3. The Morgan fingerprint density at radius 2 is 0.689 bits per heavy atom. The fourth-order valence-corrected chi connectivity index (χ4v) is 29.8. The topological polar surface area (TPSA) is 186 Å².